The molecule has 17 heavy (non-hydrogen) atoms. The lowest BCUT2D eigenvalue weighted by atomic mass is 10.3. The van der Waals surface area contributed by atoms with Gasteiger partial charge in [0.05, 0.1) is 10.7 Å². The Hall–Kier alpha value is -1.44. The molecule has 9 heteroatoms. The summed E-state index contributed by atoms with van der Waals surface area (Å²) in [5.74, 6) is -1.84. The molecule has 0 saturated carbocycles. The molecule has 0 radical (unpaired) electrons. The van der Waals surface area contributed by atoms with Crippen LogP contribution in [0, 0.1) is 0 Å². The fourth-order valence-electron chi connectivity index (χ4n) is 0.943. The fraction of sp³-hybridized carbons (Fsp3) is 0.250. The van der Waals surface area contributed by atoms with Crippen molar-refractivity contribution < 1.29 is 31.4 Å². The first-order valence-corrected chi connectivity index (χ1v) is 4.36. The van der Waals surface area contributed by atoms with Gasteiger partial charge in [0, 0.05) is 12.1 Å². The van der Waals surface area contributed by atoms with E-state index in [9.17, 15) is 22.0 Å². The second-order valence-electron chi connectivity index (χ2n) is 2.75. The molecule has 0 bridgehead atoms. The smallest absolute Gasteiger partial charge is 0.431 e. The Morgan fingerprint density at radius 1 is 1.18 bits per heavy atom. The number of halogens is 6. The van der Waals surface area contributed by atoms with Crippen molar-refractivity contribution in [2.24, 2.45) is 0 Å². The van der Waals surface area contributed by atoms with Crippen molar-refractivity contribution in [1.29, 1.82) is 0 Å². The van der Waals surface area contributed by atoms with E-state index in [0.717, 1.165) is 6.07 Å². The van der Waals surface area contributed by atoms with E-state index in [1.165, 1.54) is 0 Å². The Labute approximate surface area is 96.9 Å². The van der Waals surface area contributed by atoms with Crippen LogP contribution < -0.4 is 15.2 Å². The molecular weight excluding hydrogens is 273 g/mol. The number of anilines is 1. The zero-order valence-corrected chi connectivity index (χ0v) is 8.65. The maximum atomic E-state index is 12.0. The third kappa shape index (κ3) is 4.14. The highest BCUT2D eigenvalue weighted by Gasteiger charge is 2.33. The van der Waals surface area contributed by atoms with Gasteiger partial charge in [-0.05, 0) is 0 Å². The molecule has 0 aliphatic heterocycles. The van der Waals surface area contributed by atoms with Crippen molar-refractivity contribution in [1.82, 2.24) is 0 Å². The second-order valence-corrected chi connectivity index (χ2v) is 3.15. The molecule has 1 aromatic rings. The van der Waals surface area contributed by atoms with Crippen molar-refractivity contribution in [2.45, 2.75) is 13.0 Å². The summed E-state index contributed by atoms with van der Waals surface area (Å²) in [6.45, 7) is -3.31. The molecule has 1 aromatic carbocycles. The van der Waals surface area contributed by atoms with Crippen LogP contribution in [0.4, 0.5) is 27.6 Å². The molecule has 96 valence electrons. The number of rotatable bonds is 3. The first kappa shape index (κ1) is 13.6. The van der Waals surface area contributed by atoms with Gasteiger partial charge in [-0.15, -0.1) is 13.2 Å². The van der Waals surface area contributed by atoms with E-state index in [2.05, 4.69) is 9.47 Å². The minimum absolute atomic E-state index is 0.211. The quantitative estimate of drug-likeness (QED) is 0.680. The van der Waals surface area contributed by atoms with Crippen molar-refractivity contribution in [3.05, 3.63) is 17.2 Å². The second kappa shape index (κ2) is 4.82. The zero-order chi connectivity index (χ0) is 13.2. The summed E-state index contributed by atoms with van der Waals surface area (Å²) in [5.41, 5.74) is 5.02. The van der Waals surface area contributed by atoms with E-state index in [1.54, 1.807) is 0 Å². The number of alkyl halides is 5. The highest BCUT2D eigenvalue weighted by Crippen LogP contribution is 2.38. The number of hydrogen-bond acceptors (Lipinski definition) is 3. The molecule has 0 aromatic heterocycles. The van der Waals surface area contributed by atoms with E-state index in [0.29, 0.717) is 6.07 Å². The van der Waals surface area contributed by atoms with Gasteiger partial charge in [0.2, 0.25) is 0 Å². The van der Waals surface area contributed by atoms with E-state index < -0.39 is 24.5 Å². The van der Waals surface area contributed by atoms with Crippen molar-refractivity contribution >= 4 is 17.3 Å². The van der Waals surface area contributed by atoms with Gasteiger partial charge < -0.3 is 15.2 Å². The molecule has 0 unspecified atom stereocenters. The Kier molecular flexibility index (Phi) is 3.87. The summed E-state index contributed by atoms with van der Waals surface area (Å²) < 4.78 is 67.0. The van der Waals surface area contributed by atoms with Gasteiger partial charge in [-0.2, -0.15) is 8.78 Å². The van der Waals surface area contributed by atoms with Crippen LogP contribution in [-0.2, 0) is 0 Å². The number of hydrogen-bond donors (Lipinski definition) is 1. The van der Waals surface area contributed by atoms with E-state index in [1.807, 2.05) is 0 Å². The van der Waals surface area contributed by atoms with E-state index in [4.69, 9.17) is 17.3 Å². The average Bonchev–Trinajstić information content (AvgIpc) is 2.10. The number of benzene rings is 1. The molecule has 3 nitrogen and oxygen atoms in total. The Bertz CT molecular complexity index is 410. The number of nitrogens with two attached hydrogens (primary N) is 1. The molecule has 0 aliphatic carbocycles. The third-order valence-corrected chi connectivity index (χ3v) is 1.83. The molecule has 2 N–H and O–H groups in total. The van der Waals surface area contributed by atoms with Crippen LogP contribution in [0.25, 0.3) is 0 Å². The van der Waals surface area contributed by atoms with Crippen LogP contribution in [-0.4, -0.2) is 13.0 Å². The number of nitrogen functional groups attached to an aromatic ring is 1. The molecule has 0 aliphatic rings. The van der Waals surface area contributed by atoms with Crippen LogP contribution in [0.5, 0.6) is 11.5 Å². The van der Waals surface area contributed by atoms with E-state index >= 15 is 0 Å². The summed E-state index contributed by atoms with van der Waals surface area (Å²) >= 11 is 5.44. The molecular formula is C8H5ClF5NO2. The topological polar surface area (TPSA) is 44.5 Å². The Morgan fingerprint density at radius 3 is 2.24 bits per heavy atom. The molecule has 0 heterocycles. The van der Waals surface area contributed by atoms with Gasteiger partial charge in [-0.3, -0.25) is 0 Å². The van der Waals surface area contributed by atoms with Crippen LogP contribution >= 0.6 is 11.6 Å². The van der Waals surface area contributed by atoms with Gasteiger partial charge in [0.1, 0.15) is 0 Å². The van der Waals surface area contributed by atoms with Gasteiger partial charge in [0.15, 0.2) is 11.5 Å². The molecule has 0 saturated heterocycles. The lowest BCUT2D eigenvalue weighted by Gasteiger charge is -2.14. The monoisotopic (exact) mass is 277 g/mol. The number of ether oxygens (including phenoxy) is 2. The highest BCUT2D eigenvalue weighted by molar-refractivity contribution is 6.33. The first-order valence-electron chi connectivity index (χ1n) is 3.98. The summed E-state index contributed by atoms with van der Waals surface area (Å²) in [5, 5.41) is -0.272. The maximum Gasteiger partial charge on any atom is 0.573 e. The largest absolute Gasteiger partial charge is 0.573 e. The predicted molar refractivity (Wildman–Crippen MR) is 49.2 cm³/mol. The Morgan fingerprint density at radius 2 is 1.76 bits per heavy atom. The van der Waals surface area contributed by atoms with Crippen LogP contribution in [0.3, 0.4) is 0 Å². The Balaban J connectivity index is 3.11. The third-order valence-electron chi connectivity index (χ3n) is 1.50. The predicted octanol–water partition coefficient (Wildman–Crippen LogP) is 3.42. The van der Waals surface area contributed by atoms with Gasteiger partial charge in [0.25, 0.3) is 0 Å². The van der Waals surface area contributed by atoms with Gasteiger partial charge >= 0.3 is 13.0 Å². The van der Waals surface area contributed by atoms with Crippen LogP contribution in [0.1, 0.15) is 0 Å². The van der Waals surface area contributed by atoms with Gasteiger partial charge in [-0.25, -0.2) is 0 Å². The summed E-state index contributed by atoms with van der Waals surface area (Å²) in [6.07, 6.45) is -5.06. The van der Waals surface area contributed by atoms with Crippen molar-refractivity contribution in [2.75, 3.05) is 5.73 Å². The highest BCUT2D eigenvalue weighted by atomic mass is 35.5. The molecule has 0 atom stereocenters. The minimum atomic E-state index is -5.06. The molecule has 1 rings (SSSR count). The summed E-state index contributed by atoms with van der Waals surface area (Å²) in [7, 11) is 0. The van der Waals surface area contributed by atoms with E-state index in [-0.39, 0.29) is 10.7 Å². The summed E-state index contributed by atoms with van der Waals surface area (Å²) in [6, 6.07) is 1.36. The standard InChI is InChI=1S/C8H5ClF5NO2/c9-3-1-6(17-8(12,13)14)5(2-4(3)15)16-7(10)11/h1-2,7H,15H2. The SMILES string of the molecule is Nc1cc(OC(F)F)c(OC(F)(F)F)cc1Cl. The maximum absolute atomic E-state index is 12.0. The van der Waals surface area contributed by atoms with Crippen molar-refractivity contribution in [3.63, 3.8) is 0 Å². The summed E-state index contributed by atoms with van der Waals surface area (Å²) in [4.78, 5) is 0. The van der Waals surface area contributed by atoms with Gasteiger partial charge in [-0.1, -0.05) is 11.6 Å². The first-order chi connectivity index (χ1) is 7.69. The van der Waals surface area contributed by atoms with Crippen molar-refractivity contribution in [3.8, 4) is 11.5 Å². The molecule has 0 spiro atoms. The fourth-order valence-corrected chi connectivity index (χ4v) is 1.10. The molecule has 0 amide bonds. The van der Waals surface area contributed by atoms with Crippen LogP contribution in [0.2, 0.25) is 5.02 Å². The lowest BCUT2D eigenvalue weighted by molar-refractivity contribution is -0.275. The lowest BCUT2D eigenvalue weighted by Crippen LogP contribution is -2.18. The average molecular weight is 278 g/mol. The zero-order valence-electron chi connectivity index (χ0n) is 7.89. The molecule has 0 fully saturated rings. The minimum Gasteiger partial charge on any atom is -0.431 e. The normalized spacial score (nSPS) is 11.7. The van der Waals surface area contributed by atoms with Crippen LogP contribution in [0.15, 0.2) is 12.1 Å².